The summed E-state index contributed by atoms with van der Waals surface area (Å²) in [6.07, 6.45) is 2.49. The van der Waals surface area contributed by atoms with Gasteiger partial charge in [0.1, 0.15) is 6.04 Å². The van der Waals surface area contributed by atoms with E-state index in [2.05, 4.69) is 24.4 Å². The molecular formula is C29H29N3O3. The average Bonchev–Trinajstić information content (AvgIpc) is 3.37. The molecule has 1 N–H and O–H groups in total. The lowest BCUT2D eigenvalue weighted by Gasteiger charge is -2.26. The van der Waals surface area contributed by atoms with Gasteiger partial charge >= 0.3 is 0 Å². The minimum atomic E-state index is -0.430. The van der Waals surface area contributed by atoms with Gasteiger partial charge in [-0.2, -0.15) is 0 Å². The Balaban J connectivity index is 1.35. The molecule has 6 nitrogen and oxygen atoms in total. The normalized spacial score (nSPS) is 17.1. The van der Waals surface area contributed by atoms with E-state index in [1.807, 2.05) is 48.5 Å². The van der Waals surface area contributed by atoms with Crippen molar-refractivity contribution in [2.75, 3.05) is 11.4 Å². The van der Waals surface area contributed by atoms with E-state index < -0.39 is 6.04 Å². The van der Waals surface area contributed by atoms with Crippen LogP contribution in [0.3, 0.4) is 0 Å². The van der Waals surface area contributed by atoms with Gasteiger partial charge in [-0.3, -0.25) is 14.4 Å². The molecule has 1 saturated heterocycles. The van der Waals surface area contributed by atoms with Crippen molar-refractivity contribution >= 4 is 23.4 Å². The van der Waals surface area contributed by atoms with E-state index in [1.165, 1.54) is 5.56 Å². The second kappa shape index (κ2) is 9.74. The van der Waals surface area contributed by atoms with Gasteiger partial charge in [-0.1, -0.05) is 55.5 Å². The van der Waals surface area contributed by atoms with E-state index in [4.69, 9.17) is 0 Å². The number of amides is 3. The first kappa shape index (κ1) is 22.8. The average molecular weight is 468 g/mol. The lowest BCUT2D eigenvalue weighted by Crippen LogP contribution is -2.44. The molecule has 0 saturated carbocycles. The highest BCUT2D eigenvalue weighted by Gasteiger charge is 2.41. The summed E-state index contributed by atoms with van der Waals surface area (Å²) in [6, 6.07) is 22.4. The number of aryl methyl sites for hydroxylation is 1. The van der Waals surface area contributed by atoms with Gasteiger partial charge in [-0.15, -0.1) is 0 Å². The summed E-state index contributed by atoms with van der Waals surface area (Å²) in [5.74, 6) is -0.309. The van der Waals surface area contributed by atoms with Crippen LogP contribution >= 0.6 is 0 Å². The topological polar surface area (TPSA) is 69.7 Å². The van der Waals surface area contributed by atoms with Gasteiger partial charge in [0.15, 0.2) is 0 Å². The number of carbonyl (C=O) groups is 3. The molecule has 1 atom stereocenters. The van der Waals surface area contributed by atoms with Crippen LogP contribution in [0, 0.1) is 0 Å². The fourth-order valence-corrected chi connectivity index (χ4v) is 4.94. The molecule has 2 aliphatic rings. The van der Waals surface area contributed by atoms with Crippen LogP contribution in [-0.4, -0.2) is 35.2 Å². The number of carbonyl (C=O) groups excluding carboxylic acids is 3. The number of nitrogens with zero attached hydrogens (tertiary/aromatic N) is 2. The third-order valence-corrected chi connectivity index (χ3v) is 6.90. The van der Waals surface area contributed by atoms with Crippen LogP contribution in [0.1, 0.15) is 57.2 Å². The molecule has 0 spiro atoms. The van der Waals surface area contributed by atoms with Crippen LogP contribution in [-0.2, 0) is 24.3 Å². The van der Waals surface area contributed by atoms with Crippen LogP contribution in [0.15, 0.2) is 72.8 Å². The molecule has 0 radical (unpaired) electrons. The van der Waals surface area contributed by atoms with Crippen LogP contribution in [0.25, 0.3) is 0 Å². The lowest BCUT2D eigenvalue weighted by atomic mass is 10.1. The van der Waals surface area contributed by atoms with Gasteiger partial charge < -0.3 is 15.1 Å². The molecule has 0 aliphatic carbocycles. The van der Waals surface area contributed by atoms with E-state index in [-0.39, 0.29) is 17.7 Å². The van der Waals surface area contributed by atoms with Crippen molar-refractivity contribution in [2.45, 2.75) is 45.3 Å². The predicted octanol–water partition coefficient (Wildman–Crippen LogP) is 4.33. The van der Waals surface area contributed by atoms with Gasteiger partial charge in [0.05, 0.1) is 17.8 Å². The van der Waals surface area contributed by atoms with Gasteiger partial charge in [-0.25, -0.2) is 0 Å². The number of fused-ring (bicyclic) bond motifs is 2. The summed E-state index contributed by atoms with van der Waals surface area (Å²) >= 11 is 0. The second-order valence-corrected chi connectivity index (χ2v) is 9.15. The maximum atomic E-state index is 13.5. The first-order valence-electron chi connectivity index (χ1n) is 12.2. The quantitative estimate of drug-likeness (QED) is 0.587. The number of para-hydroxylation sites is 1. The van der Waals surface area contributed by atoms with Crippen LogP contribution in [0.4, 0.5) is 5.69 Å². The van der Waals surface area contributed by atoms with E-state index in [9.17, 15) is 14.4 Å². The molecule has 2 heterocycles. The van der Waals surface area contributed by atoms with E-state index in [0.717, 1.165) is 24.0 Å². The van der Waals surface area contributed by atoms with Crippen molar-refractivity contribution in [1.29, 1.82) is 0 Å². The van der Waals surface area contributed by atoms with Crippen molar-refractivity contribution in [3.63, 3.8) is 0 Å². The first-order valence-corrected chi connectivity index (χ1v) is 12.2. The Morgan fingerprint density at radius 1 is 0.943 bits per heavy atom. The smallest absolute Gasteiger partial charge is 0.256 e. The summed E-state index contributed by atoms with van der Waals surface area (Å²) in [5.41, 5.74) is 4.87. The molecule has 3 amide bonds. The fraction of sp³-hybridized carbons (Fsp3) is 0.276. The van der Waals surface area contributed by atoms with Crippen molar-refractivity contribution in [3.8, 4) is 0 Å². The monoisotopic (exact) mass is 467 g/mol. The zero-order valence-corrected chi connectivity index (χ0v) is 19.9. The van der Waals surface area contributed by atoms with Crippen molar-refractivity contribution in [3.05, 3.63) is 101 Å². The Morgan fingerprint density at radius 2 is 1.71 bits per heavy atom. The van der Waals surface area contributed by atoms with Crippen molar-refractivity contribution < 1.29 is 14.4 Å². The SMILES string of the molecule is CCc1ccc(CNC(=O)c2cccc(CN3C(=O)C4CCCN4C(=O)c4ccccc43)c2)cc1. The Hall–Kier alpha value is -3.93. The van der Waals surface area contributed by atoms with Crippen LogP contribution in [0.5, 0.6) is 0 Å². The van der Waals surface area contributed by atoms with Crippen molar-refractivity contribution in [2.24, 2.45) is 0 Å². The van der Waals surface area contributed by atoms with Gasteiger partial charge in [0, 0.05) is 18.7 Å². The van der Waals surface area contributed by atoms with Crippen molar-refractivity contribution in [1.82, 2.24) is 10.2 Å². The number of hydrogen-bond donors (Lipinski definition) is 1. The molecule has 1 fully saturated rings. The van der Waals surface area contributed by atoms with Crippen LogP contribution < -0.4 is 10.2 Å². The molecule has 5 rings (SSSR count). The standard InChI is InChI=1S/C29H29N3O3/c1-2-20-12-14-21(15-13-20)18-30-27(33)23-8-5-7-22(17-23)19-32-25-10-4-3-9-24(25)28(34)31-16-6-11-26(31)29(32)35/h3-5,7-10,12-15,17,26H,2,6,11,16,18-19H2,1H3,(H,30,33). The lowest BCUT2D eigenvalue weighted by molar-refractivity contribution is -0.122. The highest BCUT2D eigenvalue weighted by atomic mass is 16.2. The maximum absolute atomic E-state index is 13.5. The predicted molar refractivity (Wildman–Crippen MR) is 135 cm³/mol. The molecule has 2 aliphatic heterocycles. The molecular weight excluding hydrogens is 438 g/mol. The zero-order valence-electron chi connectivity index (χ0n) is 19.9. The Bertz CT molecular complexity index is 1270. The molecule has 3 aromatic carbocycles. The summed E-state index contributed by atoms with van der Waals surface area (Å²) in [4.78, 5) is 42.9. The summed E-state index contributed by atoms with van der Waals surface area (Å²) in [6.45, 7) is 3.47. The maximum Gasteiger partial charge on any atom is 0.256 e. The Labute approximate surface area is 205 Å². The second-order valence-electron chi connectivity index (χ2n) is 9.15. The minimum Gasteiger partial charge on any atom is -0.348 e. The number of hydrogen-bond acceptors (Lipinski definition) is 3. The van der Waals surface area contributed by atoms with Gasteiger partial charge in [0.25, 0.3) is 11.8 Å². The van der Waals surface area contributed by atoms with E-state index >= 15 is 0 Å². The fourth-order valence-electron chi connectivity index (χ4n) is 4.94. The molecule has 0 bridgehead atoms. The summed E-state index contributed by atoms with van der Waals surface area (Å²) in [5, 5.41) is 2.98. The summed E-state index contributed by atoms with van der Waals surface area (Å²) in [7, 11) is 0. The minimum absolute atomic E-state index is 0.0637. The third kappa shape index (κ3) is 4.56. The van der Waals surface area contributed by atoms with E-state index in [1.54, 1.807) is 21.9 Å². The number of anilines is 1. The van der Waals surface area contributed by atoms with E-state index in [0.29, 0.717) is 42.9 Å². The molecule has 178 valence electrons. The molecule has 1 unspecified atom stereocenters. The molecule has 6 heteroatoms. The highest BCUT2D eigenvalue weighted by molar-refractivity contribution is 6.11. The molecule has 0 aromatic heterocycles. The van der Waals surface area contributed by atoms with Crippen LogP contribution in [0.2, 0.25) is 0 Å². The van der Waals surface area contributed by atoms with Gasteiger partial charge in [-0.05, 0) is 60.2 Å². The zero-order chi connectivity index (χ0) is 24.4. The number of rotatable bonds is 6. The molecule has 35 heavy (non-hydrogen) atoms. The Morgan fingerprint density at radius 3 is 2.51 bits per heavy atom. The largest absolute Gasteiger partial charge is 0.348 e. The Kier molecular flexibility index (Phi) is 6.36. The summed E-state index contributed by atoms with van der Waals surface area (Å²) < 4.78 is 0. The highest BCUT2D eigenvalue weighted by Crippen LogP contribution is 2.33. The first-order chi connectivity index (χ1) is 17.0. The number of benzene rings is 3. The van der Waals surface area contributed by atoms with Gasteiger partial charge in [0.2, 0.25) is 5.91 Å². The third-order valence-electron chi connectivity index (χ3n) is 6.90. The molecule has 3 aromatic rings. The number of nitrogens with one attached hydrogen (secondary N) is 1.